The summed E-state index contributed by atoms with van der Waals surface area (Å²) < 4.78 is 67.6. The van der Waals surface area contributed by atoms with Gasteiger partial charge in [-0.1, -0.05) is 31.2 Å². The van der Waals surface area contributed by atoms with E-state index in [9.17, 15) is 22.0 Å². The van der Waals surface area contributed by atoms with Crippen molar-refractivity contribution in [1.82, 2.24) is 14.1 Å². The third kappa shape index (κ3) is 7.79. The van der Waals surface area contributed by atoms with E-state index >= 15 is 0 Å². The van der Waals surface area contributed by atoms with Crippen molar-refractivity contribution in [1.29, 1.82) is 0 Å². The Balaban J connectivity index is 1.26. The largest absolute Gasteiger partial charge is 0.624 e. The molecular formula is C32H42BF2N4O6S+2. The molecule has 5 rings (SSSR count). The van der Waals surface area contributed by atoms with E-state index in [1.807, 2.05) is 44.7 Å². The number of hydrogen-bond donors (Lipinski definition) is 0. The third-order valence-electron chi connectivity index (χ3n) is 9.04. The van der Waals surface area contributed by atoms with Crippen LogP contribution in [0.1, 0.15) is 53.0 Å². The first-order chi connectivity index (χ1) is 21.5. The molecule has 2 aliphatic rings. The molecule has 1 saturated heterocycles. The van der Waals surface area contributed by atoms with Crippen molar-refractivity contribution in [2.45, 2.75) is 64.4 Å². The highest BCUT2D eigenvalue weighted by molar-refractivity contribution is 7.88. The van der Waals surface area contributed by atoms with Gasteiger partial charge in [-0.15, -0.1) is 0 Å². The lowest BCUT2D eigenvalue weighted by molar-refractivity contribution is -0.157. The number of rotatable bonds is 12. The van der Waals surface area contributed by atoms with Gasteiger partial charge in [-0.3, -0.25) is 4.79 Å². The maximum atomic E-state index is 13.9. The SMILES string of the molecule is CC1(COc2c(N3CCN(S(=O)(=O)Cc4ccc([B][OH+]C(C)(C)C(C)(C)[OH2+])cc4)CC3)cnn(-c3cc(F)cc(F)c3)c2=O)CC1. The topological polar surface area (TPSA) is 120 Å². The lowest BCUT2D eigenvalue weighted by Crippen LogP contribution is -2.51. The maximum absolute atomic E-state index is 13.9. The van der Waals surface area contributed by atoms with Gasteiger partial charge in [0.15, 0.2) is 0 Å². The zero-order valence-electron chi connectivity index (χ0n) is 26.9. The first kappa shape index (κ1) is 34.0. The normalized spacial score (nSPS) is 17.2. The molecule has 46 heavy (non-hydrogen) atoms. The third-order valence-corrected chi connectivity index (χ3v) is 10.9. The molecule has 1 aliphatic heterocycles. The van der Waals surface area contributed by atoms with E-state index in [-0.39, 0.29) is 35.7 Å². The standard InChI is InChI=1S/C32H41BF2N4O6S/c1-30(2,41)31(3,4)45-33-23-8-6-22(7-9-23)20-46(42,43)38-14-12-37(13-15-38)27-19-36-39(26-17-24(34)16-25(35)18-26)29(40)28(27)44-21-32(5)10-11-32/h6-9,16-19,41,45H,10-15,20-21H2,1-5H3/q+1/p+1. The van der Waals surface area contributed by atoms with E-state index in [4.69, 9.17) is 9.84 Å². The predicted octanol–water partition coefficient (Wildman–Crippen LogP) is 2.40. The van der Waals surface area contributed by atoms with Crippen molar-refractivity contribution in [2.75, 3.05) is 37.7 Å². The van der Waals surface area contributed by atoms with Gasteiger partial charge in [-0.2, -0.15) is 14.1 Å². The van der Waals surface area contributed by atoms with Crippen LogP contribution in [-0.4, -0.2) is 83.7 Å². The van der Waals surface area contributed by atoms with Crippen LogP contribution in [0, 0.1) is 17.0 Å². The number of piperazine rings is 1. The zero-order chi connectivity index (χ0) is 33.5. The second-order valence-electron chi connectivity index (χ2n) is 13.6. The molecule has 2 fully saturated rings. The summed E-state index contributed by atoms with van der Waals surface area (Å²) in [5.74, 6) is -1.82. The van der Waals surface area contributed by atoms with Gasteiger partial charge >= 0.3 is 13.0 Å². The number of nitrogens with zero attached hydrogens (tertiary/aromatic N) is 4. The van der Waals surface area contributed by atoms with Crippen LogP contribution in [0.3, 0.4) is 0 Å². The Morgan fingerprint density at radius 3 is 2.20 bits per heavy atom. The minimum atomic E-state index is -3.64. The first-order valence-corrected chi connectivity index (χ1v) is 16.9. The van der Waals surface area contributed by atoms with Gasteiger partial charge in [0.05, 0.1) is 24.2 Å². The average molecular weight is 660 g/mol. The molecule has 3 aromatic rings. The van der Waals surface area contributed by atoms with Crippen molar-refractivity contribution < 1.29 is 31.7 Å². The summed E-state index contributed by atoms with van der Waals surface area (Å²) in [6, 6.07) is 9.93. The lowest BCUT2D eigenvalue weighted by Gasteiger charge is -2.35. The van der Waals surface area contributed by atoms with Gasteiger partial charge in [0, 0.05) is 70.8 Å². The summed E-state index contributed by atoms with van der Waals surface area (Å²) in [5.41, 5.74) is -0.235. The fourth-order valence-corrected chi connectivity index (χ4v) is 6.36. The number of halogens is 2. The molecule has 0 amide bonds. The van der Waals surface area contributed by atoms with Gasteiger partial charge in [0.1, 0.15) is 17.3 Å². The van der Waals surface area contributed by atoms with Gasteiger partial charge in [-0.05, 0) is 30.5 Å². The number of benzene rings is 2. The predicted molar refractivity (Wildman–Crippen MR) is 175 cm³/mol. The highest BCUT2D eigenvalue weighted by Gasteiger charge is 2.45. The molecule has 0 bridgehead atoms. The number of aliphatic hydroxyl groups is 1. The molecule has 2 heterocycles. The van der Waals surface area contributed by atoms with E-state index in [0.717, 1.165) is 41.2 Å². The molecule has 247 valence electrons. The Labute approximate surface area is 269 Å². The van der Waals surface area contributed by atoms with Crippen molar-refractivity contribution in [2.24, 2.45) is 5.41 Å². The van der Waals surface area contributed by atoms with Crippen LogP contribution in [0.25, 0.3) is 5.69 Å². The van der Waals surface area contributed by atoms with Crippen molar-refractivity contribution in [3.8, 4) is 11.4 Å². The summed E-state index contributed by atoms with van der Waals surface area (Å²) >= 11 is 0. The first-order valence-electron chi connectivity index (χ1n) is 15.3. The fourth-order valence-electron chi connectivity index (χ4n) is 4.85. The van der Waals surface area contributed by atoms with Crippen LogP contribution in [0.5, 0.6) is 5.75 Å². The van der Waals surface area contributed by atoms with E-state index < -0.39 is 38.4 Å². The summed E-state index contributed by atoms with van der Waals surface area (Å²) in [4.78, 5) is 15.4. The monoisotopic (exact) mass is 659 g/mol. The highest BCUT2D eigenvalue weighted by atomic mass is 32.2. The van der Waals surface area contributed by atoms with Crippen molar-refractivity contribution in [3.05, 3.63) is 76.2 Å². The van der Waals surface area contributed by atoms with E-state index in [2.05, 4.69) is 16.7 Å². The number of aromatic nitrogens is 2. The van der Waals surface area contributed by atoms with Crippen LogP contribution in [0.2, 0.25) is 0 Å². The van der Waals surface area contributed by atoms with Crippen LogP contribution >= 0.6 is 0 Å². The molecule has 3 N–H and O–H groups in total. The molecule has 0 unspecified atom stereocenters. The lowest BCUT2D eigenvalue weighted by atomic mass is 9.82. The second kappa shape index (κ2) is 12.7. The molecule has 2 aromatic carbocycles. The molecule has 1 aromatic heterocycles. The van der Waals surface area contributed by atoms with Crippen LogP contribution in [0.15, 0.2) is 53.5 Å². The van der Waals surface area contributed by atoms with Gasteiger partial charge in [0.25, 0.3) is 0 Å². The summed E-state index contributed by atoms with van der Waals surface area (Å²) in [6.07, 6.45) is 3.36. The Bertz CT molecular complexity index is 1710. The Kier molecular flexibility index (Phi) is 9.39. The fraction of sp³-hybridized carbons (Fsp3) is 0.500. The highest BCUT2D eigenvalue weighted by Crippen LogP contribution is 2.45. The summed E-state index contributed by atoms with van der Waals surface area (Å²) in [5, 5.41) is 12.5. The van der Waals surface area contributed by atoms with Crippen LogP contribution < -0.4 is 20.7 Å². The van der Waals surface area contributed by atoms with Crippen molar-refractivity contribution in [3.63, 3.8) is 0 Å². The smallest absolute Gasteiger partial charge is 0.526 e. The molecule has 0 spiro atoms. The van der Waals surface area contributed by atoms with E-state index in [0.29, 0.717) is 30.9 Å². The molecule has 1 aliphatic carbocycles. The zero-order valence-corrected chi connectivity index (χ0v) is 27.7. The quantitative estimate of drug-likeness (QED) is 0.218. The van der Waals surface area contributed by atoms with Crippen LogP contribution in [-0.2, 0) is 15.8 Å². The molecule has 1 radical (unpaired) electrons. The second-order valence-corrected chi connectivity index (χ2v) is 15.6. The minimum absolute atomic E-state index is 0.0161. The molecule has 0 atom stereocenters. The summed E-state index contributed by atoms with van der Waals surface area (Å²) in [6.45, 7) is 10.8. The average Bonchev–Trinajstić information content (AvgIpc) is 3.72. The molecular weight excluding hydrogens is 617 g/mol. The van der Waals surface area contributed by atoms with E-state index in [1.54, 1.807) is 19.6 Å². The van der Waals surface area contributed by atoms with Gasteiger partial charge < -0.3 is 19.4 Å². The van der Waals surface area contributed by atoms with Gasteiger partial charge in [-0.25, -0.2) is 17.2 Å². The maximum Gasteiger partial charge on any atom is 0.624 e. The summed E-state index contributed by atoms with van der Waals surface area (Å²) in [7, 11) is -1.93. The van der Waals surface area contributed by atoms with E-state index in [1.165, 1.54) is 10.5 Å². The van der Waals surface area contributed by atoms with Crippen LogP contribution in [0.4, 0.5) is 14.5 Å². The Morgan fingerprint density at radius 2 is 1.63 bits per heavy atom. The number of sulfonamides is 1. The number of anilines is 1. The number of hydrogen-bond acceptors (Lipinski definition) is 6. The Hall–Kier alpha value is -3.33. The van der Waals surface area contributed by atoms with Crippen molar-refractivity contribution >= 4 is 28.7 Å². The number of ether oxygens (including phenoxy) is 1. The molecule has 10 nitrogen and oxygen atoms in total. The molecule has 1 saturated carbocycles. The van der Waals surface area contributed by atoms with Gasteiger partial charge in [0.2, 0.25) is 27.0 Å². The molecule has 14 heteroatoms. The Morgan fingerprint density at radius 1 is 1.02 bits per heavy atom. The minimum Gasteiger partial charge on any atom is -0.526 e.